The number of hydrogen-bond donors (Lipinski definition) is 0. The van der Waals surface area contributed by atoms with Crippen molar-refractivity contribution in [2.45, 2.75) is 25.3 Å². The van der Waals surface area contributed by atoms with Crippen LogP contribution in [0.3, 0.4) is 0 Å². The van der Waals surface area contributed by atoms with Crippen LogP contribution >= 0.6 is 0 Å². The highest BCUT2D eigenvalue weighted by Gasteiger charge is 2.28. The molecular weight excluding hydrogens is 400 g/mol. The maximum absolute atomic E-state index is 13.0. The molecular formula is C26H26N4O2. The number of nitrogens with zero attached hydrogens (tertiary/aromatic N) is 4. The molecule has 3 aromatic rings. The fourth-order valence-corrected chi connectivity index (χ4v) is 4.50. The Morgan fingerprint density at radius 2 is 1.78 bits per heavy atom. The molecule has 1 saturated carbocycles. The van der Waals surface area contributed by atoms with Crippen LogP contribution in [-0.4, -0.2) is 46.8 Å². The fourth-order valence-electron chi connectivity index (χ4n) is 4.50. The molecule has 32 heavy (non-hydrogen) atoms. The van der Waals surface area contributed by atoms with Gasteiger partial charge in [0, 0.05) is 37.3 Å². The van der Waals surface area contributed by atoms with Crippen LogP contribution in [-0.2, 0) is 11.3 Å². The Balaban J connectivity index is 1.13. The van der Waals surface area contributed by atoms with Gasteiger partial charge in [0.05, 0.1) is 18.3 Å². The van der Waals surface area contributed by atoms with Crippen molar-refractivity contribution in [3.63, 3.8) is 0 Å². The zero-order chi connectivity index (χ0) is 21.5. The van der Waals surface area contributed by atoms with Crippen molar-refractivity contribution >= 4 is 22.5 Å². The molecule has 0 N–H and O–H groups in total. The number of benzene rings is 2. The summed E-state index contributed by atoms with van der Waals surface area (Å²) in [6.45, 7) is 4.37. The average Bonchev–Trinajstić information content (AvgIpc) is 3.21. The molecule has 6 heteroatoms. The van der Waals surface area contributed by atoms with E-state index >= 15 is 0 Å². The molecule has 162 valence electrons. The molecule has 6 nitrogen and oxygen atoms in total. The topological polar surface area (TPSA) is 50.6 Å². The highest BCUT2D eigenvalue weighted by molar-refractivity contribution is 6.08. The van der Waals surface area contributed by atoms with Gasteiger partial charge in [-0.25, -0.2) is 0 Å². The van der Waals surface area contributed by atoms with Crippen LogP contribution in [0.1, 0.15) is 24.3 Å². The lowest BCUT2D eigenvalue weighted by atomic mass is 10.1. The van der Waals surface area contributed by atoms with Crippen molar-refractivity contribution in [2.24, 2.45) is 0 Å². The number of anilines is 1. The van der Waals surface area contributed by atoms with E-state index in [2.05, 4.69) is 40.3 Å². The summed E-state index contributed by atoms with van der Waals surface area (Å²) in [5.41, 5.74) is 3.31. The van der Waals surface area contributed by atoms with E-state index in [1.54, 1.807) is 4.90 Å². The number of carbonyl (C=O) groups is 1. The highest BCUT2D eigenvalue weighted by Crippen LogP contribution is 2.40. The summed E-state index contributed by atoms with van der Waals surface area (Å²) in [6.07, 6.45) is 10.7. The molecule has 0 radical (unpaired) electrons. The van der Waals surface area contributed by atoms with Gasteiger partial charge in [-0.05, 0) is 60.7 Å². The third-order valence-electron chi connectivity index (χ3n) is 6.53. The smallest absolute Gasteiger partial charge is 0.294 e. The molecule has 2 aliphatic heterocycles. The van der Waals surface area contributed by atoms with Gasteiger partial charge in [-0.1, -0.05) is 24.3 Å². The number of fused-ring (bicyclic) bond motifs is 1. The molecule has 6 rings (SSSR count). The summed E-state index contributed by atoms with van der Waals surface area (Å²) < 4.78 is 7.95. The van der Waals surface area contributed by atoms with E-state index in [1.165, 1.54) is 18.4 Å². The van der Waals surface area contributed by atoms with Gasteiger partial charge in [-0.15, -0.1) is 0 Å². The highest BCUT2D eigenvalue weighted by atomic mass is 16.5. The number of carbonyl (C=O) groups excluding carboxylic acids is 1. The van der Waals surface area contributed by atoms with Crippen LogP contribution in [0.15, 0.2) is 72.6 Å². The van der Waals surface area contributed by atoms with Gasteiger partial charge < -0.3 is 9.64 Å². The zero-order valence-electron chi connectivity index (χ0n) is 18.0. The lowest BCUT2D eigenvalue weighted by molar-refractivity contribution is -0.116. The minimum atomic E-state index is -0.107. The molecule has 0 saturated heterocycles. The van der Waals surface area contributed by atoms with E-state index in [4.69, 9.17) is 4.74 Å². The Kier molecular flexibility index (Phi) is 4.80. The van der Waals surface area contributed by atoms with Crippen molar-refractivity contribution in [1.29, 1.82) is 0 Å². The number of ether oxygens (including phenoxy) is 1. The minimum absolute atomic E-state index is 0.107. The first kappa shape index (κ1) is 19.3. The van der Waals surface area contributed by atoms with Gasteiger partial charge in [-0.2, -0.15) is 5.10 Å². The Morgan fingerprint density at radius 1 is 0.969 bits per heavy atom. The second-order valence-electron chi connectivity index (χ2n) is 8.77. The first-order valence-electron chi connectivity index (χ1n) is 11.4. The van der Waals surface area contributed by atoms with E-state index < -0.39 is 0 Å². The summed E-state index contributed by atoms with van der Waals surface area (Å²) >= 11 is 0. The number of hydrogen-bond acceptors (Lipinski definition) is 4. The maximum Gasteiger partial charge on any atom is 0.294 e. The third kappa shape index (κ3) is 3.71. The van der Waals surface area contributed by atoms with E-state index in [0.717, 1.165) is 42.8 Å². The van der Waals surface area contributed by atoms with Crippen molar-refractivity contribution < 1.29 is 9.53 Å². The van der Waals surface area contributed by atoms with Crippen molar-refractivity contribution in [3.05, 3.63) is 78.2 Å². The van der Waals surface area contributed by atoms with Gasteiger partial charge in [0.1, 0.15) is 5.75 Å². The predicted octanol–water partition coefficient (Wildman–Crippen LogP) is 4.10. The van der Waals surface area contributed by atoms with Crippen LogP contribution in [0, 0.1) is 0 Å². The first-order chi connectivity index (χ1) is 15.7. The lowest BCUT2D eigenvalue weighted by Crippen LogP contribution is -2.27. The van der Waals surface area contributed by atoms with Crippen molar-refractivity contribution in [1.82, 2.24) is 14.7 Å². The molecule has 0 atom stereocenters. The van der Waals surface area contributed by atoms with E-state index in [1.807, 2.05) is 41.2 Å². The molecule has 2 aromatic carbocycles. The summed E-state index contributed by atoms with van der Waals surface area (Å²) in [4.78, 5) is 17.1. The van der Waals surface area contributed by atoms with E-state index in [-0.39, 0.29) is 5.91 Å². The molecule has 3 heterocycles. The van der Waals surface area contributed by atoms with Crippen LogP contribution in [0.25, 0.3) is 10.9 Å². The number of aromatic nitrogens is 2. The van der Waals surface area contributed by atoms with E-state index in [0.29, 0.717) is 24.0 Å². The van der Waals surface area contributed by atoms with Crippen LogP contribution in [0.2, 0.25) is 0 Å². The van der Waals surface area contributed by atoms with E-state index in [9.17, 15) is 4.79 Å². The normalized spacial score (nSPS) is 18.7. The summed E-state index contributed by atoms with van der Waals surface area (Å²) in [6, 6.07) is 14.2. The molecule has 1 aromatic heterocycles. The monoisotopic (exact) mass is 426 g/mol. The lowest BCUT2D eigenvalue weighted by Gasteiger charge is -2.17. The molecule has 0 unspecified atom stereocenters. The molecule has 1 aliphatic carbocycles. The van der Waals surface area contributed by atoms with Crippen molar-refractivity contribution in [2.75, 3.05) is 31.1 Å². The average molecular weight is 427 g/mol. The third-order valence-corrected chi connectivity index (χ3v) is 6.53. The summed E-state index contributed by atoms with van der Waals surface area (Å²) in [5.74, 6) is 1.70. The summed E-state index contributed by atoms with van der Waals surface area (Å²) in [7, 11) is 0. The van der Waals surface area contributed by atoms with Crippen LogP contribution < -0.4 is 9.64 Å². The molecule has 1 fully saturated rings. The van der Waals surface area contributed by atoms with Gasteiger partial charge >= 0.3 is 0 Å². The second kappa shape index (κ2) is 7.95. The predicted molar refractivity (Wildman–Crippen MR) is 125 cm³/mol. The Morgan fingerprint density at radius 3 is 2.56 bits per heavy atom. The largest absolute Gasteiger partial charge is 0.452 e. The quantitative estimate of drug-likeness (QED) is 0.534. The zero-order valence-corrected chi connectivity index (χ0v) is 18.0. The Bertz CT molecular complexity index is 1210. The Labute approximate surface area is 187 Å². The molecule has 0 spiro atoms. The molecule has 3 aliphatic rings. The van der Waals surface area contributed by atoms with Crippen LogP contribution in [0.5, 0.6) is 5.75 Å². The number of rotatable bonds is 7. The molecule has 0 bridgehead atoms. The SMILES string of the molecule is O=C1C(Oc2ccc(C3CC3)cc2)=CCN1c1ccc2c(cnn2CCN2CC=CC2)c1. The van der Waals surface area contributed by atoms with Crippen LogP contribution in [0.4, 0.5) is 5.69 Å². The summed E-state index contributed by atoms with van der Waals surface area (Å²) in [5, 5.41) is 5.61. The van der Waals surface area contributed by atoms with Gasteiger partial charge in [0.25, 0.3) is 5.91 Å². The van der Waals surface area contributed by atoms with Gasteiger partial charge in [0.15, 0.2) is 5.76 Å². The maximum atomic E-state index is 13.0. The van der Waals surface area contributed by atoms with Gasteiger partial charge in [-0.3, -0.25) is 14.4 Å². The number of amides is 1. The second-order valence-corrected chi connectivity index (χ2v) is 8.77. The molecule has 1 amide bonds. The Hall–Kier alpha value is -3.38. The minimum Gasteiger partial charge on any atom is -0.452 e. The van der Waals surface area contributed by atoms with Gasteiger partial charge in [0.2, 0.25) is 0 Å². The van der Waals surface area contributed by atoms with Crippen molar-refractivity contribution in [3.8, 4) is 5.75 Å². The fraction of sp³-hybridized carbons (Fsp3) is 0.308. The standard InChI is InChI=1S/C26H26N4O2/c31-26-25(32-23-8-5-20(6-9-23)19-3-4-19)11-14-29(26)22-7-10-24-21(17-22)18-27-30(24)16-15-28-12-1-2-13-28/h1-2,5-11,17-19H,3-4,12-16H2. The first-order valence-corrected chi connectivity index (χ1v) is 11.4.